The third kappa shape index (κ3) is 2.58. The van der Waals surface area contributed by atoms with Crippen molar-refractivity contribution in [2.24, 2.45) is 5.73 Å². The molecule has 2 N–H and O–H groups in total. The molecule has 82 valence electrons. The van der Waals surface area contributed by atoms with E-state index in [1.807, 2.05) is 49.4 Å². The number of benzene rings is 1. The summed E-state index contributed by atoms with van der Waals surface area (Å²) in [4.78, 5) is 4.30. The molecule has 16 heavy (non-hydrogen) atoms. The van der Waals surface area contributed by atoms with E-state index in [2.05, 4.69) is 4.98 Å². The highest BCUT2D eigenvalue weighted by Crippen LogP contribution is 2.20. The Morgan fingerprint density at radius 3 is 2.62 bits per heavy atom. The van der Waals surface area contributed by atoms with Gasteiger partial charge in [-0.25, -0.2) is 4.98 Å². The first-order chi connectivity index (χ1) is 7.78. The average Bonchev–Trinajstić information content (AvgIpc) is 2.29. The third-order valence-corrected chi connectivity index (χ3v) is 2.19. The predicted octanol–water partition coefficient (Wildman–Crippen LogP) is 2.64. The van der Waals surface area contributed by atoms with E-state index >= 15 is 0 Å². The maximum absolute atomic E-state index is 5.64. The quantitative estimate of drug-likeness (QED) is 0.854. The van der Waals surface area contributed by atoms with Crippen LogP contribution >= 0.6 is 0 Å². The summed E-state index contributed by atoms with van der Waals surface area (Å²) >= 11 is 0. The number of nitrogens with zero attached hydrogens (tertiary/aromatic N) is 1. The van der Waals surface area contributed by atoms with Gasteiger partial charge >= 0.3 is 0 Å². The minimum atomic E-state index is 0.495. The summed E-state index contributed by atoms with van der Waals surface area (Å²) in [6.07, 6.45) is 0. The molecule has 0 amide bonds. The molecule has 0 fully saturated rings. The molecule has 0 aliphatic rings. The zero-order valence-electron chi connectivity index (χ0n) is 9.18. The van der Waals surface area contributed by atoms with Crippen LogP contribution in [0.2, 0.25) is 0 Å². The highest BCUT2D eigenvalue weighted by atomic mass is 16.5. The molecule has 0 spiro atoms. The molecule has 0 saturated heterocycles. The first-order valence-corrected chi connectivity index (χ1v) is 5.18. The van der Waals surface area contributed by atoms with Crippen LogP contribution in [0.4, 0.5) is 0 Å². The van der Waals surface area contributed by atoms with Crippen LogP contribution in [-0.4, -0.2) is 4.98 Å². The lowest BCUT2D eigenvalue weighted by Crippen LogP contribution is -1.99. The summed E-state index contributed by atoms with van der Waals surface area (Å²) in [5.41, 5.74) is 7.53. The normalized spacial score (nSPS) is 10.1. The van der Waals surface area contributed by atoms with Crippen LogP contribution < -0.4 is 10.5 Å². The van der Waals surface area contributed by atoms with Crippen LogP contribution in [0.15, 0.2) is 42.5 Å². The van der Waals surface area contributed by atoms with Crippen molar-refractivity contribution in [1.82, 2.24) is 4.98 Å². The summed E-state index contributed by atoms with van der Waals surface area (Å²) in [5, 5.41) is 0. The summed E-state index contributed by atoms with van der Waals surface area (Å²) in [7, 11) is 0. The van der Waals surface area contributed by atoms with E-state index in [-0.39, 0.29) is 0 Å². The Balaban J connectivity index is 2.24. The smallest absolute Gasteiger partial charge is 0.219 e. The third-order valence-electron chi connectivity index (χ3n) is 2.19. The zero-order chi connectivity index (χ0) is 11.4. The second-order valence-electron chi connectivity index (χ2n) is 3.57. The Morgan fingerprint density at radius 2 is 1.94 bits per heavy atom. The van der Waals surface area contributed by atoms with E-state index in [9.17, 15) is 0 Å². The van der Waals surface area contributed by atoms with Gasteiger partial charge in [0.15, 0.2) is 0 Å². The molecule has 1 heterocycles. The molecule has 1 aromatic carbocycles. The second-order valence-corrected chi connectivity index (χ2v) is 3.57. The van der Waals surface area contributed by atoms with Gasteiger partial charge in [-0.2, -0.15) is 0 Å². The lowest BCUT2D eigenvalue weighted by molar-refractivity contribution is 0.461. The number of aromatic nitrogens is 1. The molecule has 0 aliphatic carbocycles. The van der Waals surface area contributed by atoms with Gasteiger partial charge in [0.25, 0.3) is 0 Å². The van der Waals surface area contributed by atoms with E-state index in [0.29, 0.717) is 12.4 Å². The van der Waals surface area contributed by atoms with Crippen LogP contribution in [0.3, 0.4) is 0 Å². The van der Waals surface area contributed by atoms with Gasteiger partial charge in [-0.05, 0) is 30.7 Å². The number of hydrogen-bond acceptors (Lipinski definition) is 3. The summed E-state index contributed by atoms with van der Waals surface area (Å²) in [5.74, 6) is 1.37. The molecule has 0 saturated carbocycles. The zero-order valence-corrected chi connectivity index (χ0v) is 9.18. The first-order valence-electron chi connectivity index (χ1n) is 5.18. The molecule has 0 aliphatic heterocycles. The Morgan fingerprint density at radius 1 is 1.19 bits per heavy atom. The van der Waals surface area contributed by atoms with E-state index in [1.165, 1.54) is 0 Å². The summed E-state index contributed by atoms with van der Waals surface area (Å²) in [6, 6.07) is 13.4. The molecule has 1 aromatic heterocycles. The minimum Gasteiger partial charge on any atom is -0.439 e. The van der Waals surface area contributed by atoms with Gasteiger partial charge in [0.2, 0.25) is 5.88 Å². The standard InChI is InChI=1S/C13H14N2O/c1-10-7-11(9-14)8-13(15-10)16-12-5-3-2-4-6-12/h2-8H,9,14H2,1H3. The SMILES string of the molecule is Cc1cc(CN)cc(Oc2ccccc2)n1. The largest absolute Gasteiger partial charge is 0.439 e. The van der Waals surface area contributed by atoms with Gasteiger partial charge in [-0.15, -0.1) is 0 Å². The van der Waals surface area contributed by atoms with Gasteiger partial charge < -0.3 is 10.5 Å². The van der Waals surface area contributed by atoms with Gasteiger partial charge in [0.05, 0.1) is 0 Å². The van der Waals surface area contributed by atoms with Crippen LogP contribution in [-0.2, 0) is 6.54 Å². The van der Waals surface area contributed by atoms with Crippen molar-refractivity contribution in [3.63, 3.8) is 0 Å². The molecule has 0 unspecified atom stereocenters. The Kier molecular flexibility index (Phi) is 3.17. The Labute approximate surface area is 94.9 Å². The number of ether oxygens (including phenoxy) is 1. The Bertz CT molecular complexity index is 469. The van der Waals surface area contributed by atoms with Crippen LogP contribution in [0.25, 0.3) is 0 Å². The van der Waals surface area contributed by atoms with Crippen LogP contribution in [0, 0.1) is 6.92 Å². The lowest BCUT2D eigenvalue weighted by atomic mass is 10.2. The van der Waals surface area contributed by atoms with Crippen molar-refractivity contribution >= 4 is 0 Å². The number of nitrogens with two attached hydrogens (primary N) is 1. The van der Waals surface area contributed by atoms with Gasteiger partial charge in [-0.3, -0.25) is 0 Å². The summed E-state index contributed by atoms with van der Waals surface area (Å²) in [6.45, 7) is 2.42. The molecule has 2 rings (SSSR count). The fourth-order valence-corrected chi connectivity index (χ4v) is 1.49. The molecule has 0 atom stereocenters. The predicted molar refractivity (Wildman–Crippen MR) is 63.4 cm³/mol. The number of hydrogen-bond donors (Lipinski definition) is 1. The minimum absolute atomic E-state index is 0.495. The maximum Gasteiger partial charge on any atom is 0.219 e. The number of aryl methyl sites for hydroxylation is 1. The number of pyridine rings is 1. The van der Waals surface area contributed by atoms with E-state index < -0.39 is 0 Å². The fourth-order valence-electron chi connectivity index (χ4n) is 1.49. The number of rotatable bonds is 3. The second kappa shape index (κ2) is 4.77. The first kappa shape index (κ1) is 10.6. The lowest BCUT2D eigenvalue weighted by Gasteiger charge is -2.07. The monoisotopic (exact) mass is 214 g/mol. The molecule has 0 radical (unpaired) electrons. The van der Waals surface area contributed by atoms with Crippen molar-refractivity contribution in [2.75, 3.05) is 0 Å². The molecule has 0 bridgehead atoms. The molecule has 3 heteroatoms. The number of para-hydroxylation sites is 1. The van der Waals surface area contributed by atoms with Crippen molar-refractivity contribution < 1.29 is 4.74 Å². The molecule has 2 aromatic rings. The maximum atomic E-state index is 5.64. The van der Waals surface area contributed by atoms with Crippen molar-refractivity contribution in [3.8, 4) is 11.6 Å². The fraction of sp³-hybridized carbons (Fsp3) is 0.154. The van der Waals surface area contributed by atoms with E-state index in [1.54, 1.807) is 0 Å². The van der Waals surface area contributed by atoms with Gasteiger partial charge in [0, 0.05) is 18.3 Å². The van der Waals surface area contributed by atoms with Crippen molar-refractivity contribution in [3.05, 3.63) is 53.7 Å². The highest BCUT2D eigenvalue weighted by Gasteiger charge is 2.01. The van der Waals surface area contributed by atoms with Gasteiger partial charge in [-0.1, -0.05) is 18.2 Å². The van der Waals surface area contributed by atoms with E-state index in [4.69, 9.17) is 10.5 Å². The van der Waals surface area contributed by atoms with Crippen molar-refractivity contribution in [1.29, 1.82) is 0 Å². The van der Waals surface area contributed by atoms with Crippen LogP contribution in [0.5, 0.6) is 11.6 Å². The summed E-state index contributed by atoms with van der Waals surface area (Å²) < 4.78 is 5.64. The Hall–Kier alpha value is -1.87. The topological polar surface area (TPSA) is 48.1 Å². The molecular weight excluding hydrogens is 200 g/mol. The average molecular weight is 214 g/mol. The van der Waals surface area contributed by atoms with Crippen LogP contribution in [0.1, 0.15) is 11.3 Å². The van der Waals surface area contributed by atoms with E-state index in [0.717, 1.165) is 17.0 Å². The van der Waals surface area contributed by atoms with Crippen molar-refractivity contribution in [2.45, 2.75) is 13.5 Å². The van der Waals surface area contributed by atoms with Gasteiger partial charge in [0.1, 0.15) is 5.75 Å². The highest BCUT2D eigenvalue weighted by molar-refractivity contribution is 5.30. The molecular formula is C13H14N2O. The molecule has 3 nitrogen and oxygen atoms in total.